The Hall–Kier alpha value is -0.530. The van der Waals surface area contributed by atoms with Gasteiger partial charge in [0.25, 0.3) is 0 Å². The van der Waals surface area contributed by atoms with Crippen molar-refractivity contribution in [3.63, 3.8) is 0 Å². The molecule has 0 unspecified atom stereocenters. The van der Waals surface area contributed by atoms with Crippen molar-refractivity contribution in [2.75, 3.05) is 0 Å². The van der Waals surface area contributed by atoms with E-state index >= 15 is 0 Å². The summed E-state index contributed by atoms with van der Waals surface area (Å²) in [7, 11) is 0. The second-order valence-electron chi connectivity index (χ2n) is 3.99. The highest BCUT2D eigenvalue weighted by atomic mass is 35.5. The van der Waals surface area contributed by atoms with Crippen LogP contribution < -0.4 is 0 Å². The molecule has 0 radical (unpaired) electrons. The lowest BCUT2D eigenvalue weighted by Gasteiger charge is -2.19. The van der Waals surface area contributed by atoms with Crippen molar-refractivity contribution in [3.05, 3.63) is 34.9 Å². The van der Waals surface area contributed by atoms with Gasteiger partial charge in [0, 0.05) is 5.02 Å². The molecule has 0 atom stereocenters. The standard InChI is InChI=1S/C11H15ClO/c1-11(2,3)13-8-9-6-4-5-7-10(9)12/h4-7H,8H2,1-3H3. The monoisotopic (exact) mass is 198 g/mol. The Balaban J connectivity index is 2.60. The Morgan fingerprint density at radius 3 is 2.38 bits per heavy atom. The van der Waals surface area contributed by atoms with E-state index in [1.165, 1.54) is 0 Å². The van der Waals surface area contributed by atoms with E-state index in [0.717, 1.165) is 10.6 Å². The number of hydrogen-bond acceptors (Lipinski definition) is 1. The normalized spacial score (nSPS) is 11.7. The Morgan fingerprint density at radius 2 is 1.85 bits per heavy atom. The van der Waals surface area contributed by atoms with Gasteiger partial charge in [0.2, 0.25) is 0 Å². The maximum absolute atomic E-state index is 5.97. The lowest BCUT2D eigenvalue weighted by atomic mass is 10.2. The zero-order valence-electron chi connectivity index (χ0n) is 8.30. The van der Waals surface area contributed by atoms with Crippen LogP contribution in [0.2, 0.25) is 5.02 Å². The van der Waals surface area contributed by atoms with Crippen LogP contribution in [0.15, 0.2) is 24.3 Å². The minimum Gasteiger partial charge on any atom is -0.371 e. The maximum Gasteiger partial charge on any atom is 0.0738 e. The van der Waals surface area contributed by atoms with E-state index in [2.05, 4.69) is 0 Å². The lowest BCUT2D eigenvalue weighted by molar-refractivity contribution is -0.0149. The highest BCUT2D eigenvalue weighted by molar-refractivity contribution is 6.31. The van der Waals surface area contributed by atoms with Crippen molar-refractivity contribution < 1.29 is 4.74 Å². The Bertz CT molecular complexity index is 276. The van der Waals surface area contributed by atoms with Crippen molar-refractivity contribution in [2.45, 2.75) is 33.0 Å². The third-order valence-corrected chi connectivity index (χ3v) is 1.99. The van der Waals surface area contributed by atoms with Crippen LogP contribution in [-0.2, 0) is 11.3 Å². The second-order valence-corrected chi connectivity index (χ2v) is 4.40. The van der Waals surface area contributed by atoms with Crippen LogP contribution >= 0.6 is 11.6 Å². The molecule has 1 nitrogen and oxygen atoms in total. The van der Waals surface area contributed by atoms with Gasteiger partial charge < -0.3 is 4.74 Å². The molecule has 0 bridgehead atoms. The summed E-state index contributed by atoms with van der Waals surface area (Å²) >= 11 is 5.97. The molecule has 0 aliphatic heterocycles. The molecule has 0 heterocycles. The molecule has 13 heavy (non-hydrogen) atoms. The van der Waals surface area contributed by atoms with E-state index in [4.69, 9.17) is 16.3 Å². The molecule has 0 amide bonds. The largest absolute Gasteiger partial charge is 0.371 e. The highest BCUT2D eigenvalue weighted by Crippen LogP contribution is 2.18. The average molecular weight is 199 g/mol. The minimum absolute atomic E-state index is 0.112. The third kappa shape index (κ3) is 3.79. The topological polar surface area (TPSA) is 9.23 Å². The van der Waals surface area contributed by atoms with E-state index in [1.54, 1.807) is 0 Å². The van der Waals surface area contributed by atoms with Crippen LogP contribution in [0.3, 0.4) is 0 Å². The van der Waals surface area contributed by atoms with Gasteiger partial charge in [-0.25, -0.2) is 0 Å². The van der Waals surface area contributed by atoms with Crippen LogP contribution in [0.4, 0.5) is 0 Å². The van der Waals surface area contributed by atoms with Crippen molar-refractivity contribution >= 4 is 11.6 Å². The van der Waals surface area contributed by atoms with Gasteiger partial charge in [0.05, 0.1) is 12.2 Å². The molecule has 1 rings (SSSR count). The summed E-state index contributed by atoms with van der Waals surface area (Å²) in [6.45, 7) is 6.67. The summed E-state index contributed by atoms with van der Waals surface area (Å²) in [6, 6.07) is 7.74. The molecule has 1 aromatic rings. The molecule has 0 aromatic heterocycles. The maximum atomic E-state index is 5.97. The molecule has 0 saturated carbocycles. The fraction of sp³-hybridized carbons (Fsp3) is 0.455. The number of benzene rings is 1. The van der Waals surface area contributed by atoms with Gasteiger partial charge in [-0.2, -0.15) is 0 Å². The minimum atomic E-state index is -0.112. The van der Waals surface area contributed by atoms with Crippen LogP contribution in [0.1, 0.15) is 26.3 Å². The van der Waals surface area contributed by atoms with Crippen molar-refractivity contribution in [3.8, 4) is 0 Å². The van der Waals surface area contributed by atoms with Crippen LogP contribution in [0.25, 0.3) is 0 Å². The molecule has 0 N–H and O–H groups in total. The van der Waals surface area contributed by atoms with E-state index in [-0.39, 0.29) is 5.60 Å². The van der Waals surface area contributed by atoms with Crippen molar-refractivity contribution in [2.24, 2.45) is 0 Å². The van der Waals surface area contributed by atoms with Crippen LogP contribution in [-0.4, -0.2) is 5.60 Å². The molecule has 0 aliphatic carbocycles. The van der Waals surface area contributed by atoms with E-state index in [1.807, 2.05) is 45.0 Å². The molecule has 0 aliphatic rings. The number of hydrogen-bond donors (Lipinski definition) is 0. The summed E-state index contributed by atoms with van der Waals surface area (Å²) in [5, 5.41) is 0.770. The summed E-state index contributed by atoms with van der Waals surface area (Å²) in [5.74, 6) is 0. The predicted molar refractivity (Wildman–Crippen MR) is 56.0 cm³/mol. The second kappa shape index (κ2) is 4.12. The van der Waals surface area contributed by atoms with Crippen molar-refractivity contribution in [1.82, 2.24) is 0 Å². The molecular formula is C11H15ClO. The first-order valence-corrected chi connectivity index (χ1v) is 4.74. The number of halogens is 1. The molecule has 2 heteroatoms. The summed E-state index contributed by atoms with van der Waals surface area (Å²) in [5.41, 5.74) is 0.929. The SMILES string of the molecule is CC(C)(C)OCc1ccccc1Cl. The van der Waals surface area contributed by atoms with Gasteiger partial charge in [-0.3, -0.25) is 0 Å². The van der Waals surface area contributed by atoms with Gasteiger partial charge in [0.15, 0.2) is 0 Å². The van der Waals surface area contributed by atoms with E-state index < -0.39 is 0 Å². The van der Waals surface area contributed by atoms with Crippen LogP contribution in [0.5, 0.6) is 0 Å². The van der Waals surface area contributed by atoms with E-state index in [0.29, 0.717) is 6.61 Å². The Morgan fingerprint density at radius 1 is 1.23 bits per heavy atom. The van der Waals surface area contributed by atoms with Gasteiger partial charge in [0.1, 0.15) is 0 Å². The third-order valence-electron chi connectivity index (χ3n) is 1.62. The fourth-order valence-electron chi connectivity index (χ4n) is 0.910. The lowest BCUT2D eigenvalue weighted by Crippen LogP contribution is -2.18. The Labute approximate surface area is 84.7 Å². The molecule has 0 saturated heterocycles. The van der Waals surface area contributed by atoms with Crippen LogP contribution in [0, 0.1) is 0 Å². The predicted octanol–water partition coefficient (Wildman–Crippen LogP) is 3.66. The summed E-state index contributed by atoms with van der Waals surface area (Å²) in [6.07, 6.45) is 0. The van der Waals surface area contributed by atoms with Gasteiger partial charge in [-0.05, 0) is 32.4 Å². The van der Waals surface area contributed by atoms with Gasteiger partial charge in [-0.1, -0.05) is 29.8 Å². The molecule has 72 valence electrons. The quantitative estimate of drug-likeness (QED) is 0.705. The zero-order chi connectivity index (χ0) is 9.90. The van der Waals surface area contributed by atoms with Gasteiger partial charge in [-0.15, -0.1) is 0 Å². The zero-order valence-corrected chi connectivity index (χ0v) is 9.06. The molecular weight excluding hydrogens is 184 g/mol. The first-order chi connectivity index (χ1) is 5.99. The fourth-order valence-corrected chi connectivity index (χ4v) is 1.10. The highest BCUT2D eigenvalue weighted by Gasteiger charge is 2.10. The van der Waals surface area contributed by atoms with Gasteiger partial charge >= 0.3 is 0 Å². The molecule has 0 fully saturated rings. The summed E-state index contributed by atoms with van der Waals surface area (Å²) in [4.78, 5) is 0. The number of rotatable bonds is 2. The first kappa shape index (κ1) is 10.6. The molecule has 1 aromatic carbocycles. The molecule has 0 spiro atoms. The number of ether oxygens (including phenoxy) is 1. The average Bonchev–Trinajstić information content (AvgIpc) is 2.01. The summed E-state index contributed by atoms with van der Waals surface area (Å²) < 4.78 is 5.61. The smallest absolute Gasteiger partial charge is 0.0738 e. The Kier molecular flexibility index (Phi) is 3.34. The van der Waals surface area contributed by atoms with Crippen molar-refractivity contribution in [1.29, 1.82) is 0 Å². The van der Waals surface area contributed by atoms with E-state index in [9.17, 15) is 0 Å². The first-order valence-electron chi connectivity index (χ1n) is 4.36.